The van der Waals surface area contributed by atoms with Crippen LogP contribution in [0.2, 0.25) is 5.02 Å². The summed E-state index contributed by atoms with van der Waals surface area (Å²) < 4.78 is 10.2. The van der Waals surface area contributed by atoms with Gasteiger partial charge >= 0.3 is 5.97 Å². The minimum absolute atomic E-state index is 0.299. The van der Waals surface area contributed by atoms with Crippen molar-refractivity contribution >= 4 is 23.3 Å². The smallest absolute Gasteiger partial charge is 0.341 e. The van der Waals surface area contributed by atoms with Gasteiger partial charge in [0.1, 0.15) is 11.3 Å². The van der Waals surface area contributed by atoms with Crippen LogP contribution < -0.4 is 10.5 Å². The lowest BCUT2D eigenvalue weighted by molar-refractivity contribution is 0.0494. The molecule has 5 heteroatoms. The summed E-state index contributed by atoms with van der Waals surface area (Å²) in [6.07, 6.45) is 2.97. The van der Waals surface area contributed by atoms with E-state index in [9.17, 15) is 4.79 Å². The SMILES string of the molecule is CCCCCOC(=O)c1cc(Cl)c(N)cc1OC. The van der Waals surface area contributed by atoms with E-state index in [0.29, 0.717) is 28.6 Å². The molecular formula is C13H18ClNO3. The minimum Gasteiger partial charge on any atom is -0.496 e. The van der Waals surface area contributed by atoms with E-state index in [1.165, 1.54) is 19.2 Å². The number of unbranched alkanes of at least 4 members (excludes halogenated alkanes) is 2. The van der Waals surface area contributed by atoms with E-state index >= 15 is 0 Å². The van der Waals surface area contributed by atoms with Gasteiger partial charge in [0.2, 0.25) is 0 Å². The number of nitrogens with two attached hydrogens (primary N) is 1. The van der Waals surface area contributed by atoms with Gasteiger partial charge in [-0.25, -0.2) is 4.79 Å². The monoisotopic (exact) mass is 271 g/mol. The van der Waals surface area contributed by atoms with Crippen LogP contribution in [-0.2, 0) is 4.74 Å². The standard InChI is InChI=1S/C13H18ClNO3/c1-3-4-5-6-18-13(16)9-7-10(14)11(15)8-12(9)17-2/h7-8H,3-6,15H2,1-2H3. The van der Waals surface area contributed by atoms with E-state index in [1.807, 2.05) is 0 Å². The third kappa shape index (κ3) is 3.81. The molecule has 0 aliphatic heterocycles. The molecule has 0 atom stereocenters. The molecule has 0 amide bonds. The first-order valence-electron chi connectivity index (χ1n) is 5.90. The van der Waals surface area contributed by atoms with Gasteiger partial charge in [0.15, 0.2) is 0 Å². The second-order valence-electron chi connectivity index (χ2n) is 3.92. The molecule has 0 spiro atoms. The molecule has 0 aromatic heterocycles. The molecule has 0 unspecified atom stereocenters. The zero-order valence-electron chi connectivity index (χ0n) is 10.7. The van der Waals surface area contributed by atoms with E-state index < -0.39 is 5.97 Å². The molecule has 0 aliphatic rings. The molecular weight excluding hydrogens is 254 g/mol. The number of hydrogen-bond acceptors (Lipinski definition) is 4. The quantitative estimate of drug-likeness (QED) is 0.490. The van der Waals surface area contributed by atoms with Crippen LogP contribution in [0.1, 0.15) is 36.5 Å². The highest BCUT2D eigenvalue weighted by Crippen LogP contribution is 2.29. The summed E-state index contributed by atoms with van der Waals surface area (Å²) >= 11 is 5.88. The third-order valence-corrected chi connectivity index (χ3v) is 2.85. The molecule has 4 nitrogen and oxygen atoms in total. The van der Waals surface area contributed by atoms with Gasteiger partial charge in [-0.15, -0.1) is 0 Å². The van der Waals surface area contributed by atoms with Crippen molar-refractivity contribution in [2.24, 2.45) is 0 Å². The van der Waals surface area contributed by atoms with E-state index in [0.717, 1.165) is 19.3 Å². The van der Waals surface area contributed by atoms with E-state index in [1.54, 1.807) is 0 Å². The Morgan fingerprint density at radius 3 is 2.72 bits per heavy atom. The molecule has 0 bridgehead atoms. The summed E-state index contributed by atoms with van der Waals surface area (Å²) in [4.78, 5) is 11.8. The van der Waals surface area contributed by atoms with E-state index in [4.69, 9.17) is 26.8 Å². The van der Waals surface area contributed by atoms with Crippen LogP contribution in [-0.4, -0.2) is 19.7 Å². The number of anilines is 1. The van der Waals surface area contributed by atoms with Crippen LogP contribution in [0.5, 0.6) is 5.75 Å². The van der Waals surface area contributed by atoms with Gasteiger partial charge in [0.25, 0.3) is 0 Å². The number of hydrogen-bond donors (Lipinski definition) is 1. The van der Waals surface area contributed by atoms with Crippen molar-refractivity contribution in [3.05, 3.63) is 22.7 Å². The predicted octanol–water partition coefficient (Wildman–Crippen LogP) is 3.28. The fraction of sp³-hybridized carbons (Fsp3) is 0.462. The van der Waals surface area contributed by atoms with Gasteiger partial charge in [-0.1, -0.05) is 31.4 Å². The van der Waals surface area contributed by atoms with Crippen LogP contribution >= 0.6 is 11.6 Å². The largest absolute Gasteiger partial charge is 0.496 e. The molecule has 1 rings (SSSR count). The van der Waals surface area contributed by atoms with Gasteiger partial charge in [-0.05, 0) is 12.5 Å². The second-order valence-corrected chi connectivity index (χ2v) is 4.32. The minimum atomic E-state index is -0.440. The second kappa shape index (κ2) is 7.11. The molecule has 0 fully saturated rings. The number of nitrogen functional groups attached to an aromatic ring is 1. The van der Waals surface area contributed by atoms with E-state index in [2.05, 4.69) is 6.92 Å². The van der Waals surface area contributed by atoms with Crippen molar-refractivity contribution in [1.82, 2.24) is 0 Å². The van der Waals surface area contributed by atoms with E-state index in [-0.39, 0.29) is 0 Å². The Hall–Kier alpha value is -1.42. The molecule has 0 radical (unpaired) electrons. The summed E-state index contributed by atoms with van der Waals surface area (Å²) in [5, 5.41) is 0.316. The van der Waals surface area contributed by atoms with Gasteiger partial charge in [-0.2, -0.15) is 0 Å². The molecule has 18 heavy (non-hydrogen) atoms. The Morgan fingerprint density at radius 1 is 1.39 bits per heavy atom. The highest BCUT2D eigenvalue weighted by Gasteiger charge is 2.16. The van der Waals surface area contributed by atoms with Crippen molar-refractivity contribution in [2.75, 3.05) is 19.5 Å². The molecule has 1 aromatic rings. The van der Waals surface area contributed by atoms with Gasteiger partial charge < -0.3 is 15.2 Å². The fourth-order valence-corrected chi connectivity index (χ4v) is 1.66. The van der Waals surface area contributed by atoms with Crippen LogP contribution in [0.25, 0.3) is 0 Å². The molecule has 0 heterocycles. The Balaban J connectivity index is 2.75. The zero-order chi connectivity index (χ0) is 13.5. The molecule has 0 aliphatic carbocycles. The molecule has 0 saturated carbocycles. The lowest BCUT2D eigenvalue weighted by Gasteiger charge is -2.10. The average molecular weight is 272 g/mol. The number of carbonyl (C=O) groups excluding carboxylic acids is 1. The number of rotatable bonds is 6. The van der Waals surface area contributed by atoms with Gasteiger partial charge in [0, 0.05) is 6.07 Å². The first kappa shape index (κ1) is 14.6. The normalized spacial score (nSPS) is 10.2. The highest BCUT2D eigenvalue weighted by molar-refractivity contribution is 6.33. The molecule has 0 saturated heterocycles. The third-order valence-electron chi connectivity index (χ3n) is 2.52. The zero-order valence-corrected chi connectivity index (χ0v) is 11.4. The van der Waals surface area contributed by atoms with Crippen molar-refractivity contribution in [2.45, 2.75) is 26.2 Å². The van der Waals surface area contributed by atoms with Crippen LogP contribution in [0.3, 0.4) is 0 Å². The maximum Gasteiger partial charge on any atom is 0.341 e. The summed E-state index contributed by atoms with van der Waals surface area (Å²) in [5.74, 6) is -0.0674. The number of ether oxygens (including phenoxy) is 2. The summed E-state index contributed by atoms with van der Waals surface area (Å²) in [6, 6.07) is 2.99. The Labute approximate surface area is 112 Å². The lowest BCUT2D eigenvalue weighted by atomic mass is 10.2. The summed E-state index contributed by atoms with van der Waals surface area (Å²) in [7, 11) is 1.47. The van der Waals surface area contributed by atoms with Gasteiger partial charge in [0.05, 0.1) is 24.4 Å². The number of benzene rings is 1. The maximum atomic E-state index is 11.8. The Morgan fingerprint density at radius 2 is 2.11 bits per heavy atom. The van der Waals surface area contributed by atoms with Crippen molar-refractivity contribution < 1.29 is 14.3 Å². The number of carbonyl (C=O) groups is 1. The maximum absolute atomic E-state index is 11.8. The molecule has 1 aromatic carbocycles. The molecule has 100 valence electrons. The number of halogens is 1. The first-order chi connectivity index (χ1) is 8.60. The van der Waals surface area contributed by atoms with Crippen LogP contribution in [0, 0.1) is 0 Å². The first-order valence-corrected chi connectivity index (χ1v) is 6.28. The average Bonchev–Trinajstić information content (AvgIpc) is 2.37. The lowest BCUT2D eigenvalue weighted by Crippen LogP contribution is -2.09. The number of methoxy groups -OCH3 is 1. The van der Waals surface area contributed by atoms with Crippen molar-refractivity contribution in [3.8, 4) is 5.75 Å². The van der Waals surface area contributed by atoms with Crippen molar-refractivity contribution in [1.29, 1.82) is 0 Å². The summed E-state index contributed by atoms with van der Waals surface area (Å²) in [5.41, 5.74) is 6.31. The van der Waals surface area contributed by atoms with Crippen LogP contribution in [0.4, 0.5) is 5.69 Å². The molecule has 2 N–H and O–H groups in total. The Kier molecular flexibility index (Phi) is 5.78. The number of esters is 1. The summed E-state index contributed by atoms with van der Waals surface area (Å²) in [6.45, 7) is 2.49. The van der Waals surface area contributed by atoms with Crippen molar-refractivity contribution in [3.63, 3.8) is 0 Å². The highest BCUT2D eigenvalue weighted by atomic mass is 35.5. The topological polar surface area (TPSA) is 61.5 Å². The fourth-order valence-electron chi connectivity index (χ4n) is 1.49. The Bertz CT molecular complexity index is 421. The predicted molar refractivity (Wildman–Crippen MR) is 72.2 cm³/mol. The van der Waals surface area contributed by atoms with Gasteiger partial charge in [-0.3, -0.25) is 0 Å². The van der Waals surface area contributed by atoms with Crippen LogP contribution in [0.15, 0.2) is 12.1 Å².